The van der Waals surface area contributed by atoms with Gasteiger partial charge < -0.3 is 11.5 Å². The first-order valence-electron chi connectivity index (χ1n) is 2.90. The third-order valence-corrected chi connectivity index (χ3v) is 1.28. The van der Waals surface area contributed by atoms with Gasteiger partial charge in [0, 0.05) is 12.1 Å². The zero-order valence-corrected chi connectivity index (χ0v) is 8.10. The molecule has 1 aromatic carbocycles. The van der Waals surface area contributed by atoms with E-state index in [1.54, 1.807) is 0 Å². The summed E-state index contributed by atoms with van der Waals surface area (Å²) in [6, 6.07) is 3.95. The fraction of sp³-hybridized carbons (Fsp3) is 0. The molecule has 0 bridgehead atoms. The summed E-state index contributed by atoms with van der Waals surface area (Å²) in [4.78, 5) is 9.66. The molecule has 0 saturated heterocycles. The monoisotopic (exact) mass is 225 g/mol. The molecule has 0 unspecified atom stereocenters. The van der Waals surface area contributed by atoms with Crippen LogP contribution in [0, 0.1) is 10.1 Å². The first-order chi connectivity index (χ1) is 5.11. The van der Waals surface area contributed by atoms with E-state index in [1.165, 1.54) is 18.2 Å². The van der Waals surface area contributed by atoms with E-state index < -0.39 is 4.92 Å². The van der Waals surface area contributed by atoms with E-state index in [0.717, 1.165) is 0 Å². The number of non-ortho nitro benzene ring substituents is 1. The number of rotatable bonds is 1. The van der Waals surface area contributed by atoms with Gasteiger partial charge in [-0.25, -0.2) is 0 Å². The second-order valence-electron chi connectivity index (χ2n) is 2.07. The Balaban J connectivity index is 0. The van der Waals surface area contributed by atoms with Gasteiger partial charge in [-0.15, -0.1) is 24.8 Å². The lowest BCUT2D eigenvalue weighted by molar-refractivity contribution is -0.384. The van der Waals surface area contributed by atoms with Gasteiger partial charge in [0.25, 0.3) is 5.69 Å². The number of nitro benzene ring substituents is 1. The summed E-state index contributed by atoms with van der Waals surface area (Å²) in [6.45, 7) is 0. The Kier molecular flexibility index (Phi) is 6.00. The lowest BCUT2D eigenvalue weighted by Gasteiger charge is -1.97. The van der Waals surface area contributed by atoms with Crippen molar-refractivity contribution in [2.75, 3.05) is 11.5 Å². The highest BCUT2D eigenvalue weighted by atomic mass is 35.5. The van der Waals surface area contributed by atoms with Crippen molar-refractivity contribution in [3.63, 3.8) is 0 Å². The Morgan fingerprint density at radius 2 is 1.69 bits per heavy atom. The van der Waals surface area contributed by atoms with E-state index in [0.29, 0.717) is 5.69 Å². The van der Waals surface area contributed by atoms with Gasteiger partial charge in [0.05, 0.1) is 16.3 Å². The van der Waals surface area contributed by atoms with Gasteiger partial charge in [0.2, 0.25) is 0 Å². The number of benzene rings is 1. The van der Waals surface area contributed by atoms with Crippen molar-refractivity contribution >= 4 is 41.9 Å². The third kappa shape index (κ3) is 3.35. The Bertz CT molecular complexity index is 306. The molecule has 5 nitrogen and oxygen atoms in total. The maximum absolute atomic E-state index is 10.2. The molecule has 0 atom stereocenters. The van der Waals surface area contributed by atoms with E-state index in [9.17, 15) is 10.1 Å². The average molecular weight is 226 g/mol. The number of hydrogen-bond acceptors (Lipinski definition) is 4. The summed E-state index contributed by atoms with van der Waals surface area (Å²) < 4.78 is 0. The standard InChI is InChI=1S/C6H7N3O2.2ClH/c7-5-2-1-4(9(10)11)3-6(5)8;;/h1-3H,7-8H2;2*1H. The fourth-order valence-corrected chi connectivity index (χ4v) is 0.676. The lowest BCUT2D eigenvalue weighted by atomic mass is 10.2. The van der Waals surface area contributed by atoms with E-state index >= 15 is 0 Å². The Hall–Kier alpha value is -1.20. The number of halogens is 2. The van der Waals surface area contributed by atoms with Crippen LogP contribution in [0.15, 0.2) is 18.2 Å². The minimum Gasteiger partial charge on any atom is -0.397 e. The summed E-state index contributed by atoms with van der Waals surface area (Å²) in [5.74, 6) is 0. The van der Waals surface area contributed by atoms with Gasteiger partial charge in [-0.3, -0.25) is 10.1 Å². The van der Waals surface area contributed by atoms with Crippen LogP contribution in [0.2, 0.25) is 0 Å². The van der Waals surface area contributed by atoms with Crippen LogP contribution >= 0.6 is 24.8 Å². The molecule has 0 amide bonds. The smallest absolute Gasteiger partial charge is 0.271 e. The molecule has 0 saturated carbocycles. The van der Waals surface area contributed by atoms with E-state index in [-0.39, 0.29) is 36.2 Å². The summed E-state index contributed by atoms with van der Waals surface area (Å²) in [7, 11) is 0. The molecule has 0 fully saturated rings. The molecular formula is C6H9Cl2N3O2. The minimum absolute atomic E-state index is 0. The van der Waals surface area contributed by atoms with Crippen LogP contribution in [0.3, 0.4) is 0 Å². The molecular weight excluding hydrogens is 217 g/mol. The zero-order valence-electron chi connectivity index (χ0n) is 6.47. The van der Waals surface area contributed by atoms with Crippen molar-refractivity contribution in [1.29, 1.82) is 0 Å². The van der Waals surface area contributed by atoms with E-state index in [2.05, 4.69) is 0 Å². The normalized spacial score (nSPS) is 8.00. The van der Waals surface area contributed by atoms with Gasteiger partial charge in [-0.2, -0.15) is 0 Å². The van der Waals surface area contributed by atoms with Crippen LogP contribution < -0.4 is 11.5 Å². The highest BCUT2D eigenvalue weighted by molar-refractivity contribution is 5.85. The molecule has 7 heteroatoms. The fourth-order valence-electron chi connectivity index (χ4n) is 0.676. The first kappa shape index (κ1) is 14.3. The highest BCUT2D eigenvalue weighted by Gasteiger charge is 2.05. The van der Waals surface area contributed by atoms with Crippen LogP contribution in [-0.4, -0.2) is 4.92 Å². The second kappa shape index (κ2) is 5.45. The van der Waals surface area contributed by atoms with Gasteiger partial charge in [0.1, 0.15) is 0 Å². The number of anilines is 2. The summed E-state index contributed by atoms with van der Waals surface area (Å²) in [5.41, 5.74) is 11.2. The second-order valence-corrected chi connectivity index (χ2v) is 2.07. The number of nitrogens with zero attached hydrogens (tertiary/aromatic N) is 1. The first-order valence-corrected chi connectivity index (χ1v) is 2.90. The van der Waals surface area contributed by atoms with Crippen LogP contribution in [0.1, 0.15) is 0 Å². The summed E-state index contributed by atoms with van der Waals surface area (Å²) in [6.07, 6.45) is 0. The van der Waals surface area contributed by atoms with Gasteiger partial charge in [0.15, 0.2) is 0 Å². The van der Waals surface area contributed by atoms with Crippen LogP contribution in [0.4, 0.5) is 17.1 Å². The molecule has 0 radical (unpaired) electrons. The maximum Gasteiger partial charge on any atom is 0.271 e. The average Bonchev–Trinajstić information content (AvgIpc) is 1.94. The molecule has 0 aliphatic heterocycles. The number of hydrogen-bond donors (Lipinski definition) is 2. The molecule has 0 aliphatic carbocycles. The van der Waals surface area contributed by atoms with E-state index in [1.807, 2.05) is 0 Å². The molecule has 74 valence electrons. The molecule has 1 rings (SSSR count). The molecule has 13 heavy (non-hydrogen) atoms. The van der Waals surface area contributed by atoms with Crippen molar-refractivity contribution in [3.05, 3.63) is 28.3 Å². The predicted octanol–water partition coefficient (Wildman–Crippen LogP) is 1.60. The Morgan fingerprint density at radius 3 is 2.08 bits per heavy atom. The number of nitrogens with two attached hydrogens (primary N) is 2. The van der Waals surface area contributed by atoms with Crippen molar-refractivity contribution < 1.29 is 4.92 Å². The minimum atomic E-state index is -0.518. The molecule has 0 aromatic heterocycles. The quantitative estimate of drug-likeness (QED) is 0.431. The molecule has 0 aliphatic rings. The van der Waals surface area contributed by atoms with Gasteiger partial charge in [-0.05, 0) is 6.07 Å². The molecule has 0 spiro atoms. The van der Waals surface area contributed by atoms with Crippen LogP contribution in [0.25, 0.3) is 0 Å². The van der Waals surface area contributed by atoms with Crippen molar-refractivity contribution in [2.45, 2.75) is 0 Å². The highest BCUT2D eigenvalue weighted by Crippen LogP contribution is 2.20. The topological polar surface area (TPSA) is 95.2 Å². The van der Waals surface area contributed by atoms with Crippen molar-refractivity contribution in [1.82, 2.24) is 0 Å². The van der Waals surface area contributed by atoms with Crippen LogP contribution in [0.5, 0.6) is 0 Å². The van der Waals surface area contributed by atoms with Crippen LogP contribution in [-0.2, 0) is 0 Å². The lowest BCUT2D eigenvalue weighted by Crippen LogP contribution is -1.96. The summed E-state index contributed by atoms with van der Waals surface area (Å²) in [5, 5.41) is 10.2. The van der Waals surface area contributed by atoms with Crippen molar-refractivity contribution in [3.8, 4) is 0 Å². The predicted molar refractivity (Wildman–Crippen MR) is 56.4 cm³/mol. The third-order valence-electron chi connectivity index (χ3n) is 1.28. The maximum atomic E-state index is 10.2. The number of nitro groups is 1. The Labute approximate surface area is 87.1 Å². The molecule has 4 N–H and O–H groups in total. The number of nitrogen functional groups attached to an aromatic ring is 2. The molecule has 1 aromatic rings. The Morgan fingerprint density at radius 1 is 1.15 bits per heavy atom. The molecule has 0 heterocycles. The van der Waals surface area contributed by atoms with E-state index in [4.69, 9.17) is 11.5 Å². The van der Waals surface area contributed by atoms with Crippen molar-refractivity contribution in [2.24, 2.45) is 0 Å². The van der Waals surface area contributed by atoms with Gasteiger partial charge >= 0.3 is 0 Å². The largest absolute Gasteiger partial charge is 0.397 e. The zero-order chi connectivity index (χ0) is 8.43. The van der Waals surface area contributed by atoms with Gasteiger partial charge in [-0.1, -0.05) is 0 Å². The summed E-state index contributed by atoms with van der Waals surface area (Å²) >= 11 is 0. The SMILES string of the molecule is Cl.Cl.Nc1ccc([N+](=O)[O-])cc1N.